The van der Waals surface area contributed by atoms with Crippen LogP contribution < -0.4 is 5.73 Å². The largest absolute Gasteiger partial charge is 0.350 e. The fraction of sp³-hybridized carbons (Fsp3) is 0.556. The molecule has 0 radical (unpaired) electrons. The lowest BCUT2D eigenvalue weighted by Gasteiger charge is -2.08. The van der Waals surface area contributed by atoms with Gasteiger partial charge in [-0.15, -0.1) is 0 Å². The van der Waals surface area contributed by atoms with Crippen molar-refractivity contribution in [3.63, 3.8) is 0 Å². The Morgan fingerprint density at radius 2 is 2.18 bits per heavy atom. The van der Waals surface area contributed by atoms with Crippen molar-refractivity contribution in [2.75, 3.05) is 0 Å². The van der Waals surface area contributed by atoms with Gasteiger partial charge in [0.15, 0.2) is 0 Å². The summed E-state index contributed by atoms with van der Waals surface area (Å²) in [6, 6.07) is 2.41. The molecule has 1 heterocycles. The number of nitrogens with two attached hydrogens (primary N) is 1. The molecule has 0 spiro atoms. The Hall–Kier alpha value is -0.760. The first-order chi connectivity index (χ1) is 5.09. The van der Waals surface area contributed by atoms with Gasteiger partial charge in [0, 0.05) is 24.5 Å². The fourth-order valence-electron chi connectivity index (χ4n) is 1.30. The van der Waals surface area contributed by atoms with E-state index in [2.05, 4.69) is 30.7 Å². The van der Waals surface area contributed by atoms with Gasteiger partial charge in [0.1, 0.15) is 0 Å². The van der Waals surface area contributed by atoms with E-state index in [4.69, 9.17) is 5.73 Å². The Kier molecular flexibility index (Phi) is 2.35. The lowest BCUT2D eigenvalue weighted by atomic mass is 10.3. The molecule has 0 aliphatic carbocycles. The molecule has 0 aliphatic heterocycles. The van der Waals surface area contributed by atoms with Crippen molar-refractivity contribution in [3.8, 4) is 0 Å². The van der Waals surface area contributed by atoms with E-state index in [-0.39, 0.29) is 6.04 Å². The van der Waals surface area contributed by atoms with Gasteiger partial charge in [-0.25, -0.2) is 0 Å². The standard InChI is InChI=1S/C9H16N2/c1-7-4-9(3)11(5-7)6-8(2)10/h4-5,8H,6,10H2,1-3H3. The zero-order valence-corrected chi connectivity index (χ0v) is 7.46. The van der Waals surface area contributed by atoms with E-state index in [1.165, 1.54) is 11.3 Å². The van der Waals surface area contributed by atoms with Gasteiger partial charge < -0.3 is 10.3 Å². The van der Waals surface area contributed by atoms with E-state index < -0.39 is 0 Å². The number of aromatic nitrogens is 1. The molecule has 0 amide bonds. The number of rotatable bonds is 2. The molecule has 0 fully saturated rings. The summed E-state index contributed by atoms with van der Waals surface area (Å²) >= 11 is 0. The Bertz CT molecular complexity index is 236. The van der Waals surface area contributed by atoms with E-state index in [0.29, 0.717) is 0 Å². The van der Waals surface area contributed by atoms with E-state index in [1.807, 2.05) is 6.92 Å². The maximum atomic E-state index is 5.68. The highest BCUT2D eigenvalue weighted by atomic mass is 15.0. The molecule has 1 rings (SSSR count). The number of hydrogen-bond donors (Lipinski definition) is 1. The van der Waals surface area contributed by atoms with Crippen molar-refractivity contribution < 1.29 is 0 Å². The van der Waals surface area contributed by atoms with E-state index in [9.17, 15) is 0 Å². The van der Waals surface area contributed by atoms with Crippen LogP contribution in [-0.2, 0) is 6.54 Å². The van der Waals surface area contributed by atoms with Crippen molar-refractivity contribution in [1.82, 2.24) is 4.57 Å². The third-order valence-corrected chi connectivity index (χ3v) is 1.73. The van der Waals surface area contributed by atoms with Crippen LogP contribution in [0.25, 0.3) is 0 Å². The topological polar surface area (TPSA) is 30.9 Å². The summed E-state index contributed by atoms with van der Waals surface area (Å²) in [5, 5.41) is 0. The molecule has 0 aromatic carbocycles. The van der Waals surface area contributed by atoms with Gasteiger partial charge >= 0.3 is 0 Å². The van der Waals surface area contributed by atoms with E-state index >= 15 is 0 Å². The molecule has 1 unspecified atom stereocenters. The predicted octanol–water partition coefficient (Wildman–Crippen LogP) is 1.45. The third-order valence-electron chi connectivity index (χ3n) is 1.73. The minimum Gasteiger partial charge on any atom is -0.350 e. The second-order valence-corrected chi connectivity index (χ2v) is 3.29. The molecule has 2 heteroatoms. The highest BCUT2D eigenvalue weighted by molar-refractivity contribution is 5.15. The summed E-state index contributed by atoms with van der Waals surface area (Å²) in [6.07, 6.45) is 2.14. The summed E-state index contributed by atoms with van der Waals surface area (Å²) in [5.74, 6) is 0. The first-order valence-corrected chi connectivity index (χ1v) is 3.98. The molecule has 11 heavy (non-hydrogen) atoms. The van der Waals surface area contributed by atoms with Crippen LogP contribution in [-0.4, -0.2) is 10.6 Å². The van der Waals surface area contributed by atoms with Crippen molar-refractivity contribution >= 4 is 0 Å². The van der Waals surface area contributed by atoms with Gasteiger partial charge in [0.2, 0.25) is 0 Å². The van der Waals surface area contributed by atoms with Crippen LogP contribution in [0.1, 0.15) is 18.2 Å². The zero-order valence-electron chi connectivity index (χ0n) is 7.46. The predicted molar refractivity (Wildman–Crippen MR) is 47.6 cm³/mol. The maximum absolute atomic E-state index is 5.68. The average molecular weight is 152 g/mol. The fourth-order valence-corrected chi connectivity index (χ4v) is 1.30. The molecule has 0 saturated heterocycles. The number of aryl methyl sites for hydroxylation is 2. The lowest BCUT2D eigenvalue weighted by molar-refractivity contribution is 0.581. The van der Waals surface area contributed by atoms with Gasteiger partial charge in [-0.2, -0.15) is 0 Å². The second-order valence-electron chi connectivity index (χ2n) is 3.29. The van der Waals surface area contributed by atoms with E-state index in [1.54, 1.807) is 0 Å². The first-order valence-electron chi connectivity index (χ1n) is 3.98. The van der Waals surface area contributed by atoms with Gasteiger partial charge in [-0.05, 0) is 32.4 Å². The molecular weight excluding hydrogens is 136 g/mol. The van der Waals surface area contributed by atoms with Crippen LogP contribution in [0, 0.1) is 13.8 Å². The van der Waals surface area contributed by atoms with Gasteiger partial charge in [-0.3, -0.25) is 0 Å². The third kappa shape index (κ3) is 2.09. The summed E-state index contributed by atoms with van der Waals surface area (Å²) in [7, 11) is 0. The molecule has 1 atom stereocenters. The molecule has 1 aromatic rings. The van der Waals surface area contributed by atoms with Crippen LogP contribution >= 0.6 is 0 Å². The highest BCUT2D eigenvalue weighted by Gasteiger charge is 2.00. The molecular formula is C9H16N2. The monoisotopic (exact) mass is 152 g/mol. The molecule has 62 valence electrons. The molecule has 1 aromatic heterocycles. The van der Waals surface area contributed by atoms with Crippen molar-refractivity contribution in [1.29, 1.82) is 0 Å². The Morgan fingerprint density at radius 1 is 1.55 bits per heavy atom. The summed E-state index contributed by atoms with van der Waals surface area (Å²) in [6.45, 7) is 7.15. The van der Waals surface area contributed by atoms with Crippen molar-refractivity contribution in [2.45, 2.75) is 33.4 Å². The first kappa shape index (κ1) is 8.34. The summed E-state index contributed by atoms with van der Waals surface area (Å²) in [4.78, 5) is 0. The number of hydrogen-bond acceptors (Lipinski definition) is 1. The molecule has 0 aliphatic rings. The quantitative estimate of drug-likeness (QED) is 0.683. The summed E-state index contributed by atoms with van der Waals surface area (Å²) < 4.78 is 2.19. The van der Waals surface area contributed by atoms with Gasteiger partial charge in [0.25, 0.3) is 0 Å². The van der Waals surface area contributed by atoms with Crippen LogP contribution in [0.4, 0.5) is 0 Å². The van der Waals surface area contributed by atoms with Crippen LogP contribution in [0.5, 0.6) is 0 Å². The zero-order chi connectivity index (χ0) is 8.43. The Labute approximate surface area is 68.0 Å². The lowest BCUT2D eigenvalue weighted by Crippen LogP contribution is -2.22. The number of nitrogens with zero attached hydrogens (tertiary/aromatic N) is 1. The molecule has 2 nitrogen and oxygen atoms in total. The van der Waals surface area contributed by atoms with Crippen molar-refractivity contribution in [2.24, 2.45) is 5.73 Å². The van der Waals surface area contributed by atoms with Gasteiger partial charge in [-0.1, -0.05) is 0 Å². The Balaban J connectivity index is 2.77. The molecule has 0 bridgehead atoms. The molecule has 2 N–H and O–H groups in total. The minimum atomic E-state index is 0.237. The minimum absolute atomic E-state index is 0.237. The smallest absolute Gasteiger partial charge is 0.0371 e. The van der Waals surface area contributed by atoms with Crippen LogP contribution in [0.15, 0.2) is 12.3 Å². The van der Waals surface area contributed by atoms with Crippen molar-refractivity contribution in [3.05, 3.63) is 23.5 Å². The SMILES string of the molecule is Cc1cc(C)n(CC(C)N)c1. The summed E-state index contributed by atoms with van der Waals surface area (Å²) in [5.41, 5.74) is 8.28. The van der Waals surface area contributed by atoms with Gasteiger partial charge in [0.05, 0.1) is 0 Å². The Morgan fingerprint density at radius 3 is 2.55 bits per heavy atom. The normalized spacial score (nSPS) is 13.5. The highest BCUT2D eigenvalue weighted by Crippen LogP contribution is 2.06. The average Bonchev–Trinajstić information content (AvgIpc) is 2.09. The molecule has 0 saturated carbocycles. The maximum Gasteiger partial charge on any atom is 0.0371 e. The second kappa shape index (κ2) is 3.09. The van der Waals surface area contributed by atoms with Crippen LogP contribution in [0.3, 0.4) is 0 Å². The van der Waals surface area contributed by atoms with Crippen LogP contribution in [0.2, 0.25) is 0 Å². The van der Waals surface area contributed by atoms with E-state index in [0.717, 1.165) is 6.54 Å².